The lowest BCUT2D eigenvalue weighted by atomic mass is 9.99. The Hall–Kier alpha value is -3.39. The van der Waals surface area contributed by atoms with Crippen LogP contribution >= 0.6 is 11.6 Å². The van der Waals surface area contributed by atoms with Gasteiger partial charge in [-0.25, -0.2) is 27.4 Å². The number of amides is 4. The van der Waals surface area contributed by atoms with Crippen molar-refractivity contribution in [1.29, 1.82) is 0 Å². The zero-order valence-corrected chi connectivity index (χ0v) is 20.7. The average molecular weight is 547 g/mol. The van der Waals surface area contributed by atoms with E-state index in [-0.39, 0.29) is 30.9 Å². The third-order valence-electron chi connectivity index (χ3n) is 6.20. The second kappa shape index (κ2) is 10.2. The number of rotatable bonds is 4. The summed E-state index contributed by atoms with van der Waals surface area (Å²) in [4.78, 5) is 46.4. The minimum atomic E-state index is -2.75. The molecular weight excluding hydrogens is 524 g/mol. The van der Waals surface area contributed by atoms with Crippen molar-refractivity contribution < 1.29 is 36.8 Å². The smallest absolute Gasteiger partial charge is 0.322 e. The number of hydroxylamine groups is 2. The van der Waals surface area contributed by atoms with Gasteiger partial charge in [0, 0.05) is 32.1 Å². The summed E-state index contributed by atoms with van der Waals surface area (Å²) in [5.41, 5.74) is 0.672. The number of halogens is 5. The predicted octanol–water partition coefficient (Wildman–Crippen LogP) is 2.90. The molecule has 1 aromatic carbocycles. The van der Waals surface area contributed by atoms with Gasteiger partial charge in [-0.15, -0.1) is 0 Å². The predicted molar refractivity (Wildman–Crippen MR) is 122 cm³/mol. The summed E-state index contributed by atoms with van der Waals surface area (Å²) in [6.07, 6.45) is -3.80. The Morgan fingerprint density at radius 2 is 2.03 bits per heavy atom. The summed E-state index contributed by atoms with van der Waals surface area (Å²) in [6.45, 7) is 0.617. The van der Waals surface area contributed by atoms with Gasteiger partial charge < -0.3 is 15.1 Å². The van der Waals surface area contributed by atoms with Crippen molar-refractivity contribution in [1.82, 2.24) is 24.6 Å². The molecule has 2 aliphatic rings. The van der Waals surface area contributed by atoms with E-state index >= 15 is 0 Å². The maximum atomic E-state index is 14.3. The highest BCUT2D eigenvalue weighted by Gasteiger charge is 2.40. The van der Waals surface area contributed by atoms with Gasteiger partial charge in [0.05, 0.1) is 31.0 Å². The van der Waals surface area contributed by atoms with Gasteiger partial charge in [-0.2, -0.15) is 5.10 Å². The molecule has 2 aromatic rings. The summed E-state index contributed by atoms with van der Waals surface area (Å²) >= 11 is 5.59. The molecule has 4 amide bonds. The number of fused-ring (bicyclic) bond motifs is 3. The van der Waals surface area contributed by atoms with Crippen LogP contribution < -0.4 is 5.32 Å². The van der Waals surface area contributed by atoms with E-state index < -0.39 is 59.6 Å². The first-order valence-electron chi connectivity index (χ1n) is 11.2. The van der Waals surface area contributed by atoms with Gasteiger partial charge >= 0.3 is 6.03 Å². The van der Waals surface area contributed by atoms with E-state index in [4.69, 9.17) is 16.4 Å². The first-order chi connectivity index (χ1) is 17.4. The van der Waals surface area contributed by atoms with Crippen LogP contribution in [-0.4, -0.2) is 81.7 Å². The highest BCUT2D eigenvalue weighted by molar-refractivity contribution is 6.31. The monoisotopic (exact) mass is 546 g/mol. The highest BCUT2D eigenvalue weighted by Crippen LogP contribution is 2.30. The summed E-state index contributed by atoms with van der Waals surface area (Å²) in [5, 5.41) is 6.88. The maximum Gasteiger partial charge on any atom is 0.322 e. The summed E-state index contributed by atoms with van der Waals surface area (Å²) in [6, 6.07) is 0.816. The molecule has 0 spiro atoms. The lowest BCUT2D eigenvalue weighted by Crippen LogP contribution is -2.45. The van der Waals surface area contributed by atoms with Crippen LogP contribution in [0.5, 0.6) is 0 Å². The summed E-state index contributed by atoms with van der Waals surface area (Å²) in [5.74, 6) is -3.50. The number of alkyl halides is 2. The summed E-state index contributed by atoms with van der Waals surface area (Å²) < 4.78 is 54.6. The van der Waals surface area contributed by atoms with Gasteiger partial charge in [0.1, 0.15) is 16.5 Å². The fourth-order valence-corrected chi connectivity index (χ4v) is 4.46. The third-order valence-corrected chi connectivity index (χ3v) is 6.54. The number of urea groups is 1. The first-order valence-corrected chi connectivity index (χ1v) is 11.5. The van der Waals surface area contributed by atoms with Crippen LogP contribution in [-0.2, 0) is 29.1 Å². The highest BCUT2D eigenvalue weighted by atomic mass is 35.5. The zero-order chi connectivity index (χ0) is 27.2. The Labute approximate surface area is 213 Å². The van der Waals surface area contributed by atoms with Crippen LogP contribution in [0.2, 0.25) is 5.02 Å². The van der Waals surface area contributed by atoms with Gasteiger partial charge in [-0.05, 0) is 19.1 Å². The Morgan fingerprint density at radius 3 is 2.70 bits per heavy atom. The fourth-order valence-electron chi connectivity index (χ4n) is 4.29. The Morgan fingerprint density at radius 1 is 1.32 bits per heavy atom. The van der Waals surface area contributed by atoms with Crippen molar-refractivity contribution in [3.8, 4) is 0 Å². The number of aromatic nitrogens is 2. The van der Waals surface area contributed by atoms with E-state index in [9.17, 15) is 31.9 Å². The molecule has 1 unspecified atom stereocenters. The molecule has 1 N–H and O–H groups in total. The molecule has 4 rings (SSSR count). The lowest BCUT2D eigenvalue weighted by Gasteiger charge is -2.33. The topological polar surface area (TPSA) is 100 Å². The molecule has 0 fully saturated rings. The van der Waals surface area contributed by atoms with Gasteiger partial charge in [0.2, 0.25) is 0 Å². The van der Waals surface area contributed by atoms with Gasteiger partial charge in [0.15, 0.2) is 11.9 Å². The quantitative estimate of drug-likeness (QED) is 0.470. The number of anilines is 1. The zero-order valence-electron chi connectivity index (χ0n) is 20.0. The number of benzene rings is 1. The number of nitrogens with zero attached hydrogens (tertiary/aromatic N) is 5. The number of hydrogen-bond donors (Lipinski definition) is 1. The molecule has 15 heteroatoms. The summed E-state index contributed by atoms with van der Waals surface area (Å²) in [7, 11) is 2.48. The average Bonchev–Trinajstić information content (AvgIpc) is 3.12. The molecule has 0 radical (unpaired) electrons. The number of likely N-dealkylation sites (N-methyl/N-ethyl adjacent to an activating group) is 1. The molecule has 1 aromatic heterocycles. The molecular formula is C22H23ClF4N6O4. The molecule has 2 atom stereocenters. The van der Waals surface area contributed by atoms with E-state index in [1.165, 1.54) is 23.7 Å². The van der Waals surface area contributed by atoms with Crippen LogP contribution in [0.3, 0.4) is 0 Å². The van der Waals surface area contributed by atoms with E-state index in [1.54, 1.807) is 6.92 Å². The largest absolute Gasteiger partial charge is 0.338 e. The van der Waals surface area contributed by atoms with Crippen molar-refractivity contribution >= 4 is 35.1 Å². The Bertz CT molecular complexity index is 1260. The fraction of sp³-hybridized carbons (Fsp3) is 0.455. The number of carbonyl (C=O) groups excluding carboxylic acids is 3. The van der Waals surface area contributed by atoms with Gasteiger partial charge in [0.25, 0.3) is 18.2 Å². The van der Waals surface area contributed by atoms with Crippen molar-refractivity contribution in [2.45, 2.75) is 45.0 Å². The van der Waals surface area contributed by atoms with Crippen LogP contribution in [0.1, 0.15) is 28.7 Å². The molecule has 37 heavy (non-hydrogen) atoms. The molecule has 3 heterocycles. The maximum absolute atomic E-state index is 14.3. The van der Waals surface area contributed by atoms with Crippen LogP contribution in [0.4, 0.5) is 28.0 Å². The van der Waals surface area contributed by atoms with E-state index in [0.717, 1.165) is 22.1 Å². The van der Waals surface area contributed by atoms with Gasteiger partial charge in [-0.3, -0.25) is 19.1 Å². The Balaban J connectivity index is 1.60. The molecule has 200 valence electrons. The lowest BCUT2D eigenvalue weighted by molar-refractivity contribution is -0.177. The normalized spacial score (nSPS) is 19.4. The van der Waals surface area contributed by atoms with Crippen LogP contribution in [0, 0.1) is 11.6 Å². The number of hydrogen-bond acceptors (Lipinski definition) is 5. The molecule has 0 saturated carbocycles. The van der Waals surface area contributed by atoms with E-state index in [1.807, 2.05) is 0 Å². The Kier molecular flexibility index (Phi) is 7.33. The molecule has 2 aliphatic heterocycles. The molecule has 10 nitrogen and oxygen atoms in total. The SMILES string of the molecule is C[C@@H]1Cc2nn3c(c2CN1C(=O)Nc1ccc(F)c(Cl)c1F)C(=O)N(C)OC(C(=O)N(C)CC(F)F)C3. The van der Waals surface area contributed by atoms with Crippen molar-refractivity contribution in [3.05, 3.63) is 45.7 Å². The van der Waals surface area contributed by atoms with Crippen molar-refractivity contribution in [2.75, 3.05) is 26.0 Å². The minimum Gasteiger partial charge on any atom is -0.338 e. The van der Waals surface area contributed by atoms with E-state index in [2.05, 4.69) is 10.4 Å². The van der Waals surface area contributed by atoms with Crippen molar-refractivity contribution in [3.63, 3.8) is 0 Å². The molecule has 0 saturated heterocycles. The van der Waals surface area contributed by atoms with Crippen LogP contribution in [0.25, 0.3) is 0 Å². The number of carbonyl (C=O) groups is 3. The third kappa shape index (κ3) is 5.07. The second-order valence-electron chi connectivity index (χ2n) is 8.80. The van der Waals surface area contributed by atoms with Crippen LogP contribution in [0.15, 0.2) is 12.1 Å². The standard InChI is InChI=1S/C22H23ClF4N6O4/c1-10-6-14-11(7-32(10)22(36)28-13-5-4-12(24)17(23)18(13)27)19-21(35)31(3)37-15(8-33(19)29-14)20(34)30(2)9-16(25)26/h4-5,10,15-16H,6-9H2,1-3H3,(H,28,36)/t10-,15?/m1/s1. The molecule has 0 aliphatic carbocycles. The van der Waals surface area contributed by atoms with Crippen molar-refractivity contribution in [2.24, 2.45) is 0 Å². The second-order valence-corrected chi connectivity index (χ2v) is 9.17. The molecule has 0 bridgehead atoms. The van der Waals surface area contributed by atoms with Gasteiger partial charge in [-0.1, -0.05) is 11.6 Å². The number of nitrogens with one attached hydrogen (secondary N) is 1. The van der Waals surface area contributed by atoms with E-state index in [0.29, 0.717) is 11.3 Å². The minimum absolute atomic E-state index is 0.0741. The first kappa shape index (κ1) is 26.7.